The monoisotopic (exact) mass is 533 g/mol. The Kier molecular flexibility index (Phi) is 7.98. The van der Waals surface area contributed by atoms with Crippen molar-refractivity contribution in [1.29, 1.82) is 0 Å². The Bertz CT molecular complexity index is 1110. The fourth-order valence-electron chi connectivity index (χ4n) is 3.52. The van der Waals surface area contributed by atoms with Crippen LogP contribution in [0.5, 0.6) is 23.0 Å². The third-order valence-electron chi connectivity index (χ3n) is 5.23. The van der Waals surface area contributed by atoms with E-state index in [0.29, 0.717) is 54.9 Å². The second kappa shape index (κ2) is 11.1. The van der Waals surface area contributed by atoms with Gasteiger partial charge in [0.05, 0.1) is 11.6 Å². The van der Waals surface area contributed by atoms with Crippen molar-refractivity contribution >= 4 is 27.5 Å². The molecular weight excluding hydrogens is 510 g/mol. The predicted molar refractivity (Wildman–Crippen MR) is 131 cm³/mol. The van der Waals surface area contributed by atoms with Gasteiger partial charge in [0.25, 0.3) is 0 Å². The quantitative estimate of drug-likeness (QED) is 0.389. The molecule has 0 saturated carbocycles. The molecule has 1 heterocycles. The predicted octanol–water partition coefficient (Wildman–Crippen LogP) is 5.28. The summed E-state index contributed by atoms with van der Waals surface area (Å²) in [5, 5.41) is 14.8. The van der Waals surface area contributed by atoms with Gasteiger partial charge in [-0.1, -0.05) is 35.9 Å². The lowest BCUT2D eigenvalue weighted by molar-refractivity contribution is 0.105. The van der Waals surface area contributed by atoms with E-state index in [2.05, 4.69) is 21.2 Å². The number of halogens is 2. The van der Waals surface area contributed by atoms with Gasteiger partial charge in [-0.2, -0.15) is 0 Å². The first kappa shape index (κ1) is 23.7. The molecule has 8 heteroatoms. The van der Waals surface area contributed by atoms with Crippen molar-refractivity contribution in [3.8, 4) is 23.0 Å². The van der Waals surface area contributed by atoms with Crippen LogP contribution < -0.4 is 24.3 Å². The van der Waals surface area contributed by atoms with E-state index in [0.717, 1.165) is 20.6 Å². The molecule has 0 aromatic heterocycles. The SMILES string of the molecule is COc1cc(CNCc2ccccc2Cl)cc(Br)c1OCC(O)c1ccc2c(c1)OCCO2. The van der Waals surface area contributed by atoms with Crippen LogP contribution in [0.15, 0.2) is 59.1 Å². The molecule has 2 N–H and O–H groups in total. The number of aliphatic hydroxyl groups is 1. The molecule has 0 spiro atoms. The molecule has 1 aliphatic rings. The maximum absolute atomic E-state index is 10.6. The maximum atomic E-state index is 10.6. The number of fused-ring (bicyclic) bond motifs is 1. The third-order valence-corrected chi connectivity index (χ3v) is 6.19. The molecule has 174 valence electrons. The molecule has 1 aliphatic heterocycles. The number of ether oxygens (including phenoxy) is 4. The van der Waals surface area contributed by atoms with Gasteiger partial charge in [-0.15, -0.1) is 0 Å². The van der Waals surface area contributed by atoms with Crippen molar-refractivity contribution in [2.24, 2.45) is 0 Å². The molecule has 0 bridgehead atoms. The van der Waals surface area contributed by atoms with Crippen molar-refractivity contribution in [3.05, 3.63) is 80.8 Å². The normalized spacial score (nSPS) is 13.5. The fraction of sp³-hybridized carbons (Fsp3) is 0.280. The molecule has 0 saturated heterocycles. The highest BCUT2D eigenvalue weighted by Crippen LogP contribution is 2.38. The summed E-state index contributed by atoms with van der Waals surface area (Å²) < 4.78 is 23.3. The van der Waals surface area contributed by atoms with Gasteiger partial charge in [0.1, 0.15) is 25.9 Å². The van der Waals surface area contributed by atoms with E-state index in [1.54, 1.807) is 19.2 Å². The Morgan fingerprint density at radius 3 is 2.64 bits per heavy atom. The van der Waals surface area contributed by atoms with Crippen LogP contribution in [0.2, 0.25) is 5.02 Å². The highest BCUT2D eigenvalue weighted by molar-refractivity contribution is 9.10. The van der Waals surface area contributed by atoms with Crippen LogP contribution in [0.25, 0.3) is 0 Å². The Labute approximate surface area is 206 Å². The van der Waals surface area contributed by atoms with Crippen LogP contribution in [0.1, 0.15) is 22.8 Å². The minimum absolute atomic E-state index is 0.0543. The van der Waals surface area contributed by atoms with E-state index < -0.39 is 6.10 Å². The number of rotatable bonds is 9. The average molecular weight is 535 g/mol. The number of nitrogens with one attached hydrogen (secondary N) is 1. The lowest BCUT2D eigenvalue weighted by Gasteiger charge is -2.21. The molecular formula is C25H25BrClNO5. The molecule has 4 rings (SSSR count). The number of methoxy groups -OCH3 is 1. The molecule has 6 nitrogen and oxygen atoms in total. The van der Waals surface area contributed by atoms with E-state index >= 15 is 0 Å². The molecule has 3 aromatic rings. The second-order valence-corrected chi connectivity index (χ2v) is 8.80. The highest BCUT2D eigenvalue weighted by atomic mass is 79.9. The van der Waals surface area contributed by atoms with Gasteiger partial charge < -0.3 is 29.4 Å². The van der Waals surface area contributed by atoms with Crippen LogP contribution in [0, 0.1) is 0 Å². The van der Waals surface area contributed by atoms with Crippen LogP contribution in [0.3, 0.4) is 0 Å². The Morgan fingerprint density at radius 2 is 1.85 bits per heavy atom. The van der Waals surface area contributed by atoms with Crippen molar-refractivity contribution in [2.45, 2.75) is 19.2 Å². The van der Waals surface area contributed by atoms with Gasteiger partial charge in [-0.25, -0.2) is 0 Å². The number of hydrogen-bond acceptors (Lipinski definition) is 6. The second-order valence-electron chi connectivity index (χ2n) is 7.53. The van der Waals surface area contributed by atoms with Gasteiger partial charge in [-0.05, 0) is 63.0 Å². The largest absolute Gasteiger partial charge is 0.493 e. The fourth-order valence-corrected chi connectivity index (χ4v) is 4.33. The van der Waals surface area contributed by atoms with Crippen molar-refractivity contribution in [1.82, 2.24) is 5.32 Å². The van der Waals surface area contributed by atoms with Crippen LogP contribution in [-0.2, 0) is 13.1 Å². The Hall–Kier alpha value is -2.45. The highest BCUT2D eigenvalue weighted by Gasteiger charge is 2.18. The van der Waals surface area contributed by atoms with Gasteiger partial charge in [0.2, 0.25) is 0 Å². The zero-order chi connectivity index (χ0) is 23.2. The van der Waals surface area contributed by atoms with Gasteiger partial charge in [0.15, 0.2) is 23.0 Å². The first-order chi connectivity index (χ1) is 16.0. The summed E-state index contributed by atoms with van der Waals surface area (Å²) >= 11 is 9.79. The minimum Gasteiger partial charge on any atom is -0.493 e. The molecule has 0 aliphatic carbocycles. The smallest absolute Gasteiger partial charge is 0.175 e. The van der Waals surface area contributed by atoms with Gasteiger partial charge in [-0.3, -0.25) is 0 Å². The first-order valence-corrected chi connectivity index (χ1v) is 11.7. The van der Waals surface area contributed by atoms with E-state index in [-0.39, 0.29) is 6.61 Å². The summed E-state index contributed by atoms with van der Waals surface area (Å²) in [6.45, 7) is 2.35. The molecule has 1 unspecified atom stereocenters. The maximum Gasteiger partial charge on any atom is 0.175 e. The lowest BCUT2D eigenvalue weighted by atomic mass is 10.1. The van der Waals surface area contributed by atoms with Crippen LogP contribution in [0.4, 0.5) is 0 Å². The summed E-state index contributed by atoms with van der Waals surface area (Å²) in [7, 11) is 1.59. The molecule has 3 aromatic carbocycles. The Morgan fingerprint density at radius 1 is 1.06 bits per heavy atom. The molecule has 33 heavy (non-hydrogen) atoms. The summed E-state index contributed by atoms with van der Waals surface area (Å²) in [6, 6.07) is 17.0. The number of benzene rings is 3. The summed E-state index contributed by atoms with van der Waals surface area (Å²) in [6.07, 6.45) is -0.839. The van der Waals surface area contributed by atoms with Gasteiger partial charge in [0, 0.05) is 18.1 Å². The van der Waals surface area contributed by atoms with Crippen molar-refractivity contribution < 1.29 is 24.1 Å². The number of hydrogen-bond donors (Lipinski definition) is 2. The number of aliphatic hydroxyl groups excluding tert-OH is 1. The summed E-state index contributed by atoms with van der Waals surface area (Å²) in [5.74, 6) is 2.42. The van der Waals surface area contributed by atoms with Crippen molar-refractivity contribution in [2.75, 3.05) is 26.9 Å². The average Bonchev–Trinajstić information content (AvgIpc) is 2.83. The summed E-state index contributed by atoms with van der Waals surface area (Å²) in [4.78, 5) is 0. The molecule has 0 fully saturated rings. The minimum atomic E-state index is -0.839. The first-order valence-electron chi connectivity index (χ1n) is 10.6. The lowest BCUT2D eigenvalue weighted by Crippen LogP contribution is -2.16. The van der Waals surface area contributed by atoms with E-state index in [4.69, 9.17) is 30.5 Å². The third kappa shape index (κ3) is 5.92. The zero-order valence-electron chi connectivity index (χ0n) is 18.1. The molecule has 1 atom stereocenters. The topological polar surface area (TPSA) is 69.2 Å². The zero-order valence-corrected chi connectivity index (χ0v) is 20.5. The molecule has 0 amide bonds. The van der Waals surface area contributed by atoms with Crippen LogP contribution >= 0.6 is 27.5 Å². The Balaban J connectivity index is 1.39. The van der Waals surface area contributed by atoms with Gasteiger partial charge >= 0.3 is 0 Å². The van der Waals surface area contributed by atoms with E-state index in [1.165, 1.54) is 0 Å². The van der Waals surface area contributed by atoms with Crippen molar-refractivity contribution in [3.63, 3.8) is 0 Å². The molecule has 0 radical (unpaired) electrons. The summed E-state index contributed by atoms with van der Waals surface area (Å²) in [5.41, 5.74) is 2.75. The van der Waals surface area contributed by atoms with Crippen LogP contribution in [-0.4, -0.2) is 32.0 Å². The van der Waals surface area contributed by atoms with E-state index in [9.17, 15) is 5.11 Å². The standard InChI is InChI=1S/C25H25BrClNO5/c1-30-24-11-16(13-28-14-18-4-2-3-5-20(18)27)10-19(26)25(24)33-15-21(29)17-6-7-22-23(12-17)32-9-8-31-22/h2-7,10-12,21,28-29H,8-9,13-15H2,1H3. The van der Waals surface area contributed by atoms with E-state index in [1.807, 2.05) is 42.5 Å².